The molecule has 5 aliphatic rings. The molecular weight excluding hydrogens is 344 g/mol. The molecule has 4 aliphatic carbocycles. The summed E-state index contributed by atoms with van der Waals surface area (Å²) in [6.07, 6.45) is 9.20. The second-order valence-corrected chi connectivity index (χ2v) is 11.5. The molecular formula is C22H30O3S. The number of hydrogen-bond donors (Lipinski definition) is 1. The lowest BCUT2D eigenvalue weighted by molar-refractivity contribution is -0.117. The van der Waals surface area contributed by atoms with Crippen molar-refractivity contribution in [2.75, 3.05) is 12.4 Å². The summed E-state index contributed by atoms with van der Waals surface area (Å²) in [4.78, 5) is 12.1. The molecule has 5 rings (SSSR count). The van der Waals surface area contributed by atoms with Crippen LogP contribution in [-0.4, -0.2) is 32.7 Å². The highest BCUT2D eigenvalue weighted by atomic mass is 32.2. The van der Waals surface area contributed by atoms with Crippen molar-refractivity contribution in [1.82, 2.24) is 0 Å². The third kappa shape index (κ3) is 2.03. The van der Waals surface area contributed by atoms with Gasteiger partial charge in [-0.2, -0.15) is 0 Å². The molecule has 3 nitrogen and oxygen atoms in total. The van der Waals surface area contributed by atoms with Crippen LogP contribution in [0.25, 0.3) is 0 Å². The fourth-order valence-corrected chi connectivity index (χ4v) is 10.3. The van der Waals surface area contributed by atoms with E-state index in [1.807, 2.05) is 6.08 Å². The Kier molecular flexibility index (Phi) is 3.76. The van der Waals surface area contributed by atoms with Crippen LogP contribution in [0.5, 0.6) is 0 Å². The van der Waals surface area contributed by atoms with Crippen LogP contribution in [0, 0.1) is 34.5 Å². The van der Waals surface area contributed by atoms with Gasteiger partial charge in [0, 0.05) is 28.4 Å². The van der Waals surface area contributed by atoms with E-state index in [1.54, 1.807) is 0 Å². The molecule has 0 amide bonds. The summed E-state index contributed by atoms with van der Waals surface area (Å²) in [5.74, 6) is 3.37. The van der Waals surface area contributed by atoms with Crippen LogP contribution in [-0.2, 0) is 15.6 Å². The molecule has 2 bridgehead atoms. The van der Waals surface area contributed by atoms with Crippen molar-refractivity contribution in [1.29, 1.82) is 0 Å². The Hall–Kier alpha value is -0.740. The molecule has 26 heavy (non-hydrogen) atoms. The van der Waals surface area contributed by atoms with Crippen molar-refractivity contribution in [3.63, 3.8) is 0 Å². The lowest BCUT2D eigenvalue weighted by Gasteiger charge is -2.57. The quantitative estimate of drug-likeness (QED) is 0.754. The molecule has 0 radical (unpaired) electrons. The topological polar surface area (TPSA) is 54.4 Å². The number of ketones is 1. The lowest BCUT2D eigenvalue weighted by atomic mass is 9.46. The van der Waals surface area contributed by atoms with Crippen LogP contribution in [0.2, 0.25) is 0 Å². The van der Waals surface area contributed by atoms with E-state index >= 15 is 0 Å². The van der Waals surface area contributed by atoms with Gasteiger partial charge in [-0.25, -0.2) is 0 Å². The molecule has 0 aromatic rings. The second-order valence-electron chi connectivity index (χ2n) is 9.84. The Balaban J connectivity index is 1.54. The first-order chi connectivity index (χ1) is 12.4. The van der Waals surface area contributed by atoms with E-state index in [0.717, 1.165) is 30.6 Å². The normalized spacial score (nSPS) is 52.1. The van der Waals surface area contributed by atoms with Crippen LogP contribution < -0.4 is 0 Å². The molecule has 1 saturated heterocycles. The minimum Gasteiger partial charge on any atom is -0.392 e. The molecule has 142 valence electrons. The molecule has 5 unspecified atom stereocenters. The van der Waals surface area contributed by atoms with E-state index in [2.05, 4.69) is 13.5 Å². The maximum Gasteiger partial charge on any atom is 0.155 e. The highest BCUT2D eigenvalue weighted by Gasteiger charge is 2.65. The zero-order valence-electron chi connectivity index (χ0n) is 15.7. The lowest BCUT2D eigenvalue weighted by Crippen LogP contribution is -2.52. The number of aliphatic hydroxyl groups excluding tert-OH is 1. The monoisotopic (exact) mass is 374 g/mol. The number of hydrogen-bond acceptors (Lipinski definition) is 3. The van der Waals surface area contributed by atoms with Gasteiger partial charge in [0.05, 0.1) is 11.9 Å². The number of fused-ring (bicyclic) bond motifs is 3. The maximum absolute atomic E-state index is 13.0. The molecule has 1 heterocycles. The predicted octanol–water partition coefficient (Wildman–Crippen LogP) is 3.40. The number of carbonyl (C=O) groups is 1. The molecule has 1 aliphatic heterocycles. The van der Waals surface area contributed by atoms with Crippen molar-refractivity contribution >= 4 is 16.6 Å². The van der Waals surface area contributed by atoms with Crippen LogP contribution in [0.3, 0.4) is 0 Å². The molecule has 3 saturated carbocycles. The van der Waals surface area contributed by atoms with Crippen molar-refractivity contribution in [2.45, 2.75) is 57.1 Å². The summed E-state index contributed by atoms with van der Waals surface area (Å²) in [6, 6.07) is 0. The Labute approximate surface area is 158 Å². The number of aliphatic hydroxyl groups is 1. The predicted molar refractivity (Wildman–Crippen MR) is 103 cm³/mol. The van der Waals surface area contributed by atoms with Crippen molar-refractivity contribution in [3.8, 4) is 0 Å². The van der Waals surface area contributed by atoms with E-state index in [4.69, 9.17) is 0 Å². The van der Waals surface area contributed by atoms with Crippen molar-refractivity contribution in [2.24, 2.45) is 34.5 Å². The van der Waals surface area contributed by atoms with Gasteiger partial charge in [0.2, 0.25) is 0 Å². The molecule has 0 aromatic heterocycles. The molecule has 0 spiro atoms. The minimum atomic E-state index is -0.808. The SMILES string of the molecule is C=C(CO)C1CCC2C3C[C@H]4C5=CC(=O)CC[C@]5(CS4=O)C3CC[C@]12C. The Morgan fingerprint density at radius 1 is 1.31 bits per heavy atom. The third-order valence-electron chi connectivity index (χ3n) is 9.10. The number of carbonyl (C=O) groups excluding carboxylic acids is 1. The van der Waals surface area contributed by atoms with Gasteiger partial charge in [0.25, 0.3) is 0 Å². The maximum atomic E-state index is 13.0. The summed E-state index contributed by atoms with van der Waals surface area (Å²) < 4.78 is 13.0. The number of rotatable bonds is 2. The summed E-state index contributed by atoms with van der Waals surface area (Å²) in [5.41, 5.74) is 2.58. The first-order valence-electron chi connectivity index (χ1n) is 10.3. The molecule has 4 fully saturated rings. The van der Waals surface area contributed by atoms with Crippen LogP contribution >= 0.6 is 0 Å². The summed E-state index contributed by atoms with van der Waals surface area (Å²) in [7, 11) is -0.808. The molecule has 0 aromatic carbocycles. The zero-order chi connectivity index (χ0) is 18.3. The van der Waals surface area contributed by atoms with Crippen molar-refractivity contribution in [3.05, 3.63) is 23.8 Å². The molecule has 1 N–H and O–H groups in total. The highest BCUT2D eigenvalue weighted by molar-refractivity contribution is 7.86. The first kappa shape index (κ1) is 17.4. The fourth-order valence-electron chi connectivity index (χ4n) is 8.02. The summed E-state index contributed by atoms with van der Waals surface area (Å²) >= 11 is 0. The molecule has 4 heteroatoms. The smallest absolute Gasteiger partial charge is 0.155 e. The molecule has 8 atom stereocenters. The van der Waals surface area contributed by atoms with Gasteiger partial charge in [0.1, 0.15) is 0 Å². The Morgan fingerprint density at radius 2 is 2.12 bits per heavy atom. The fraction of sp³-hybridized carbons (Fsp3) is 0.773. The van der Waals surface area contributed by atoms with E-state index in [9.17, 15) is 14.1 Å². The largest absolute Gasteiger partial charge is 0.392 e. The third-order valence-corrected chi connectivity index (χ3v) is 11.0. The van der Waals surface area contributed by atoms with Gasteiger partial charge in [-0.15, -0.1) is 0 Å². The van der Waals surface area contributed by atoms with E-state index in [1.165, 1.54) is 24.8 Å². The highest BCUT2D eigenvalue weighted by Crippen LogP contribution is 2.69. The first-order valence-corrected chi connectivity index (χ1v) is 11.7. The Morgan fingerprint density at radius 3 is 2.88 bits per heavy atom. The van der Waals surface area contributed by atoms with E-state index < -0.39 is 10.8 Å². The van der Waals surface area contributed by atoms with Gasteiger partial charge in [-0.3, -0.25) is 9.00 Å². The van der Waals surface area contributed by atoms with Gasteiger partial charge < -0.3 is 5.11 Å². The average Bonchev–Trinajstić information content (AvgIpc) is 3.06. The van der Waals surface area contributed by atoms with Gasteiger partial charge in [-0.1, -0.05) is 13.5 Å². The summed E-state index contributed by atoms with van der Waals surface area (Å²) in [5, 5.41) is 9.79. The Bertz CT molecular complexity index is 740. The van der Waals surface area contributed by atoms with Crippen LogP contribution in [0.15, 0.2) is 23.8 Å². The average molecular weight is 375 g/mol. The van der Waals surface area contributed by atoms with Gasteiger partial charge in [0.15, 0.2) is 5.78 Å². The minimum absolute atomic E-state index is 0.0553. The van der Waals surface area contributed by atoms with Gasteiger partial charge in [-0.05, 0) is 84.8 Å². The standard InChI is InChI=1S/C22H30O3S/c1-13(11-23)16-3-4-17-15-10-20-19-9-14(24)5-8-22(19,12-26(20)25)18(15)6-7-21(16,17)2/h9,15-18,20,23H,1,3-8,10-12H2,2H3/t15?,16?,17?,18?,20-,21+,22-,26?/m0/s1. The van der Waals surface area contributed by atoms with Gasteiger partial charge >= 0.3 is 0 Å². The second kappa shape index (κ2) is 5.64. The zero-order valence-corrected chi connectivity index (χ0v) is 16.5. The summed E-state index contributed by atoms with van der Waals surface area (Å²) in [6.45, 7) is 6.71. The van der Waals surface area contributed by atoms with E-state index in [0.29, 0.717) is 30.1 Å². The van der Waals surface area contributed by atoms with E-state index in [-0.39, 0.29) is 28.5 Å². The van der Waals surface area contributed by atoms with Crippen molar-refractivity contribution < 1.29 is 14.1 Å². The van der Waals surface area contributed by atoms with Crippen LogP contribution in [0.1, 0.15) is 51.9 Å². The van der Waals surface area contributed by atoms with Crippen LogP contribution in [0.4, 0.5) is 0 Å².